The van der Waals surface area contributed by atoms with Crippen molar-refractivity contribution in [3.63, 3.8) is 0 Å². The van der Waals surface area contributed by atoms with E-state index in [1.165, 1.54) is 15.6 Å². The first-order valence-corrected chi connectivity index (χ1v) is 13.5. The van der Waals surface area contributed by atoms with Gasteiger partial charge in [0, 0.05) is 28.6 Å². The molecule has 2 aromatic heterocycles. The lowest BCUT2D eigenvalue weighted by Gasteiger charge is -2.30. The third kappa shape index (κ3) is 4.72. The van der Waals surface area contributed by atoms with E-state index in [0.29, 0.717) is 36.5 Å². The number of carbonyl (C=O) groups is 1. The fourth-order valence-electron chi connectivity index (χ4n) is 3.94. The number of piperidine rings is 1. The summed E-state index contributed by atoms with van der Waals surface area (Å²) in [5.41, 5.74) is 2.18. The monoisotopic (exact) mass is 515 g/mol. The molecule has 0 radical (unpaired) electrons. The minimum Gasteiger partial charge on any atom is -0.347 e. The van der Waals surface area contributed by atoms with Crippen molar-refractivity contribution >= 4 is 49.9 Å². The van der Waals surface area contributed by atoms with Crippen molar-refractivity contribution in [2.45, 2.75) is 29.6 Å². The summed E-state index contributed by atoms with van der Waals surface area (Å²) < 4.78 is 28.2. The van der Waals surface area contributed by atoms with E-state index in [0.717, 1.165) is 15.9 Å². The normalized spacial score (nSPS) is 15.6. The minimum atomic E-state index is -3.59. The Balaban J connectivity index is 1.20. The molecular weight excluding hydrogens is 494 g/mol. The summed E-state index contributed by atoms with van der Waals surface area (Å²) in [6.45, 7) is 1.07. The Labute approximate surface area is 206 Å². The van der Waals surface area contributed by atoms with Crippen LogP contribution in [0.4, 0.5) is 0 Å². The van der Waals surface area contributed by atoms with Crippen molar-refractivity contribution < 1.29 is 13.2 Å². The number of carbonyl (C=O) groups excluding carboxylic acids is 1. The molecule has 0 saturated carbocycles. The molecule has 4 aromatic rings. The first-order chi connectivity index (χ1) is 16.4. The van der Waals surface area contributed by atoms with E-state index >= 15 is 0 Å². The maximum Gasteiger partial charge on any atom is 0.252 e. The Morgan fingerprint density at radius 2 is 1.65 bits per heavy atom. The van der Waals surface area contributed by atoms with Crippen molar-refractivity contribution in [1.29, 1.82) is 0 Å². The Morgan fingerprint density at radius 1 is 1.00 bits per heavy atom. The fraction of sp³-hybridized carbons (Fsp3) is 0.261. The molecule has 5 rings (SSSR count). The number of hydrogen-bond acceptors (Lipinski definition) is 6. The van der Waals surface area contributed by atoms with Gasteiger partial charge >= 0.3 is 0 Å². The number of nitrogens with zero attached hydrogens (tertiary/aromatic N) is 4. The molecule has 1 amide bonds. The summed E-state index contributed by atoms with van der Waals surface area (Å²) in [5, 5.41) is 12.5. The number of aromatic nitrogens is 3. The Hall–Kier alpha value is -2.79. The molecular formula is C23H22ClN5O3S2. The van der Waals surface area contributed by atoms with Crippen LogP contribution < -0.4 is 5.32 Å². The summed E-state index contributed by atoms with van der Waals surface area (Å²) >= 11 is 7.03. The second kappa shape index (κ2) is 9.46. The average Bonchev–Trinajstić information content (AvgIpc) is 3.51. The number of halogens is 1. The third-order valence-corrected chi connectivity index (χ3v) is 9.52. The van der Waals surface area contributed by atoms with E-state index in [4.69, 9.17) is 11.6 Å². The Bertz CT molecular complexity index is 1390. The zero-order valence-corrected chi connectivity index (χ0v) is 20.5. The first-order valence-electron chi connectivity index (χ1n) is 10.8. The van der Waals surface area contributed by atoms with E-state index in [2.05, 4.69) is 15.5 Å². The Morgan fingerprint density at radius 3 is 2.29 bits per heavy atom. The predicted molar refractivity (Wildman–Crippen MR) is 131 cm³/mol. The number of sulfonamides is 1. The van der Waals surface area contributed by atoms with Crippen LogP contribution in [0, 0.1) is 0 Å². The highest BCUT2D eigenvalue weighted by molar-refractivity contribution is 7.91. The van der Waals surface area contributed by atoms with Gasteiger partial charge in [0.25, 0.3) is 15.9 Å². The molecule has 176 valence electrons. The number of thiophene rings is 1. The van der Waals surface area contributed by atoms with Crippen LogP contribution in [0.5, 0.6) is 0 Å². The average molecular weight is 516 g/mol. The molecule has 1 fully saturated rings. The largest absolute Gasteiger partial charge is 0.347 e. The summed E-state index contributed by atoms with van der Waals surface area (Å²) in [6.07, 6.45) is 1.30. The standard InChI is InChI=1S/C23H22ClN5O3S2/c24-17-7-5-16(6-8-17)23(30)25-15-19-9-10-22(33-19)34(31,32)28-13-11-18(12-14-28)29-26-20-3-1-2-4-21(20)27-29/h1-10,18H,11-15H2,(H,25,30). The highest BCUT2D eigenvalue weighted by atomic mass is 35.5. The van der Waals surface area contributed by atoms with Crippen molar-refractivity contribution in [3.8, 4) is 0 Å². The van der Waals surface area contributed by atoms with Gasteiger partial charge in [0.05, 0.1) is 12.6 Å². The number of nitrogens with one attached hydrogen (secondary N) is 1. The van der Waals surface area contributed by atoms with Gasteiger partial charge in [0.2, 0.25) is 0 Å². The second-order valence-corrected chi connectivity index (χ2v) is 11.8. The third-order valence-electron chi connectivity index (χ3n) is 5.81. The van der Waals surface area contributed by atoms with Gasteiger partial charge < -0.3 is 5.32 Å². The van der Waals surface area contributed by atoms with Crippen molar-refractivity contribution in [3.05, 3.63) is 76.1 Å². The van der Waals surface area contributed by atoms with Gasteiger partial charge in [-0.05, 0) is 61.4 Å². The quantitative estimate of drug-likeness (QED) is 0.417. The zero-order chi connectivity index (χ0) is 23.7. The van der Waals surface area contributed by atoms with Gasteiger partial charge in [-0.25, -0.2) is 8.42 Å². The van der Waals surface area contributed by atoms with E-state index in [1.807, 2.05) is 24.3 Å². The summed E-state index contributed by atoms with van der Waals surface area (Å²) in [6, 6.07) is 17.7. The van der Waals surface area contributed by atoms with Gasteiger partial charge in [0.15, 0.2) is 0 Å². The van der Waals surface area contributed by atoms with Crippen LogP contribution in [0.15, 0.2) is 64.9 Å². The fourth-order valence-corrected chi connectivity index (χ4v) is 6.99. The highest BCUT2D eigenvalue weighted by Gasteiger charge is 2.32. The van der Waals surface area contributed by atoms with Gasteiger partial charge in [-0.15, -0.1) is 11.3 Å². The summed E-state index contributed by atoms with van der Waals surface area (Å²) in [7, 11) is -3.59. The molecule has 3 heterocycles. The molecule has 0 unspecified atom stereocenters. The highest BCUT2D eigenvalue weighted by Crippen LogP contribution is 2.30. The van der Waals surface area contributed by atoms with E-state index < -0.39 is 10.0 Å². The van der Waals surface area contributed by atoms with E-state index in [1.54, 1.807) is 41.2 Å². The SMILES string of the molecule is O=C(NCc1ccc(S(=O)(=O)N2CCC(n3nc4ccccc4n3)CC2)s1)c1ccc(Cl)cc1. The van der Waals surface area contributed by atoms with E-state index in [9.17, 15) is 13.2 Å². The van der Waals surface area contributed by atoms with Crippen molar-refractivity contribution in [2.75, 3.05) is 13.1 Å². The van der Waals surface area contributed by atoms with Crippen LogP contribution in [-0.2, 0) is 16.6 Å². The van der Waals surface area contributed by atoms with Crippen molar-refractivity contribution in [1.82, 2.24) is 24.6 Å². The number of rotatable bonds is 6. The van der Waals surface area contributed by atoms with Crippen LogP contribution in [0.25, 0.3) is 11.0 Å². The second-order valence-electron chi connectivity index (χ2n) is 8.05. The summed E-state index contributed by atoms with van der Waals surface area (Å²) in [4.78, 5) is 14.8. The van der Waals surface area contributed by atoms with Crippen LogP contribution >= 0.6 is 22.9 Å². The molecule has 1 aliphatic heterocycles. The van der Waals surface area contributed by atoms with Crippen molar-refractivity contribution in [2.24, 2.45) is 0 Å². The lowest BCUT2D eigenvalue weighted by Crippen LogP contribution is -2.39. The summed E-state index contributed by atoms with van der Waals surface area (Å²) in [5.74, 6) is -0.239. The first kappa shape index (κ1) is 23.0. The molecule has 11 heteroatoms. The topological polar surface area (TPSA) is 97.2 Å². The molecule has 0 aliphatic carbocycles. The molecule has 1 N–H and O–H groups in total. The van der Waals surface area contributed by atoms with E-state index in [-0.39, 0.29) is 22.7 Å². The maximum atomic E-state index is 13.2. The molecule has 34 heavy (non-hydrogen) atoms. The van der Waals surface area contributed by atoms with Gasteiger partial charge in [-0.1, -0.05) is 23.7 Å². The molecule has 8 nitrogen and oxygen atoms in total. The minimum absolute atomic E-state index is 0.0702. The number of benzene rings is 2. The van der Waals surface area contributed by atoms with Crippen LogP contribution in [0.3, 0.4) is 0 Å². The van der Waals surface area contributed by atoms with Gasteiger partial charge in [-0.2, -0.15) is 19.3 Å². The Kier molecular flexibility index (Phi) is 6.39. The molecule has 0 atom stereocenters. The number of hydrogen-bond donors (Lipinski definition) is 1. The predicted octanol–water partition coefficient (Wildman–Crippen LogP) is 4.10. The zero-order valence-electron chi connectivity index (χ0n) is 18.1. The molecule has 0 spiro atoms. The number of fused-ring (bicyclic) bond motifs is 1. The molecule has 0 bridgehead atoms. The molecule has 1 aliphatic rings. The van der Waals surface area contributed by atoms with Crippen LogP contribution in [0.2, 0.25) is 5.02 Å². The maximum absolute atomic E-state index is 13.2. The number of amides is 1. The van der Waals surface area contributed by atoms with Crippen LogP contribution in [-0.4, -0.2) is 46.7 Å². The lowest BCUT2D eigenvalue weighted by atomic mass is 10.1. The molecule has 2 aromatic carbocycles. The van der Waals surface area contributed by atoms with Gasteiger partial charge in [0.1, 0.15) is 15.2 Å². The lowest BCUT2D eigenvalue weighted by molar-refractivity contribution is 0.0951. The van der Waals surface area contributed by atoms with Gasteiger partial charge in [-0.3, -0.25) is 4.79 Å². The smallest absolute Gasteiger partial charge is 0.252 e. The van der Waals surface area contributed by atoms with Crippen LogP contribution in [0.1, 0.15) is 34.1 Å². The molecule has 1 saturated heterocycles.